The molecule has 0 aliphatic carbocycles. The van der Waals surface area contributed by atoms with Gasteiger partial charge in [-0.05, 0) is 42.0 Å². The molecule has 0 unspecified atom stereocenters. The van der Waals surface area contributed by atoms with E-state index in [1.165, 1.54) is 31.4 Å². The minimum atomic E-state index is -3.88. The molecule has 0 aromatic heterocycles. The molecule has 9 heteroatoms. The lowest BCUT2D eigenvalue weighted by Crippen LogP contribution is -2.41. The lowest BCUT2D eigenvalue weighted by atomic mass is 10.2. The van der Waals surface area contributed by atoms with Gasteiger partial charge in [0.25, 0.3) is 0 Å². The van der Waals surface area contributed by atoms with E-state index < -0.39 is 15.9 Å². The van der Waals surface area contributed by atoms with Crippen molar-refractivity contribution >= 4 is 43.5 Å². The van der Waals surface area contributed by atoms with Gasteiger partial charge in [-0.3, -0.25) is 4.79 Å². The molecule has 27 heavy (non-hydrogen) atoms. The molecular weight excluding hydrogens is 456 g/mol. The second-order valence-corrected chi connectivity index (χ2v) is 8.99. The van der Waals surface area contributed by atoms with E-state index in [9.17, 15) is 13.2 Å². The molecule has 146 valence electrons. The minimum Gasteiger partial charge on any atom is -0.383 e. The van der Waals surface area contributed by atoms with Gasteiger partial charge in [0, 0.05) is 29.7 Å². The van der Waals surface area contributed by atoms with E-state index in [0.717, 1.165) is 14.3 Å². The van der Waals surface area contributed by atoms with Crippen molar-refractivity contribution in [1.82, 2.24) is 9.62 Å². The summed E-state index contributed by atoms with van der Waals surface area (Å²) in [6.45, 7) is 0.422. The van der Waals surface area contributed by atoms with Crippen molar-refractivity contribution in [3.8, 4) is 0 Å². The van der Waals surface area contributed by atoms with Crippen molar-refractivity contribution in [2.45, 2.75) is 11.4 Å². The molecule has 2 aromatic carbocycles. The van der Waals surface area contributed by atoms with Crippen LogP contribution in [-0.4, -0.2) is 45.4 Å². The van der Waals surface area contributed by atoms with Crippen LogP contribution in [0.5, 0.6) is 0 Å². The summed E-state index contributed by atoms with van der Waals surface area (Å²) in [5, 5.41) is 3.08. The zero-order valence-electron chi connectivity index (χ0n) is 14.7. The van der Waals surface area contributed by atoms with E-state index in [0.29, 0.717) is 18.2 Å². The second-order valence-electron chi connectivity index (χ2n) is 5.70. The SMILES string of the molecule is COCCNC(=O)CN(Cc1ccc(Br)cc1)S(=O)(=O)c1ccc(Cl)cc1. The fraction of sp³-hybridized carbons (Fsp3) is 0.278. The molecule has 0 fully saturated rings. The van der Waals surface area contributed by atoms with Crippen LogP contribution >= 0.6 is 27.5 Å². The summed E-state index contributed by atoms with van der Waals surface area (Å²) < 4.78 is 33.0. The average molecular weight is 476 g/mol. The van der Waals surface area contributed by atoms with Crippen LogP contribution in [0.4, 0.5) is 0 Å². The summed E-state index contributed by atoms with van der Waals surface area (Å²) in [7, 11) is -2.36. The van der Waals surface area contributed by atoms with Crippen molar-refractivity contribution in [3.05, 3.63) is 63.6 Å². The Morgan fingerprint density at radius 1 is 1.15 bits per heavy atom. The van der Waals surface area contributed by atoms with E-state index in [1.807, 2.05) is 12.1 Å². The number of hydrogen-bond acceptors (Lipinski definition) is 4. The highest BCUT2D eigenvalue weighted by Crippen LogP contribution is 2.21. The van der Waals surface area contributed by atoms with E-state index in [2.05, 4.69) is 21.2 Å². The number of carbonyl (C=O) groups excluding carboxylic acids is 1. The van der Waals surface area contributed by atoms with Crippen LogP contribution in [-0.2, 0) is 26.1 Å². The normalized spacial score (nSPS) is 11.6. The lowest BCUT2D eigenvalue weighted by Gasteiger charge is -2.22. The Hall–Kier alpha value is -1.45. The number of benzene rings is 2. The van der Waals surface area contributed by atoms with Crippen LogP contribution in [0.25, 0.3) is 0 Å². The number of halogens is 2. The highest BCUT2D eigenvalue weighted by molar-refractivity contribution is 9.10. The van der Waals surface area contributed by atoms with E-state index in [4.69, 9.17) is 16.3 Å². The largest absolute Gasteiger partial charge is 0.383 e. The molecular formula is C18H20BrClN2O4S. The number of amides is 1. The molecule has 0 bridgehead atoms. The number of nitrogens with zero attached hydrogens (tertiary/aromatic N) is 1. The monoisotopic (exact) mass is 474 g/mol. The van der Waals surface area contributed by atoms with Crippen LogP contribution in [0.15, 0.2) is 57.9 Å². The van der Waals surface area contributed by atoms with Crippen molar-refractivity contribution in [1.29, 1.82) is 0 Å². The summed E-state index contributed by atoms with van der Waals surface area (Å²) in [6.07, 6.45) is 0. The highest BCUT2D eigenvalue weighted by atomic mass is 79.9. The number of sulfonamides is 1. The Kier molecular flexibility index (Phi) is 8.25. The van der Waals surface area contributed by atoms with Crippen molar-refractivity contribution in [3.63, 3.8) is 0 Å². The molecule has 1 amide bonds. The molecule has 0 aliphatic rings. The van der Waals surface area contributed by atoms with Crippen LogP contribution in [0.2, 0.25) is 5.02 Å². The first kappa shape index (κ1) is 21.8. The van der Waals surface area contributed by atoms with Gasteiger partial charge in [-0.25, -0.2) is 8.42 Å². The van der Waals surface area contributed by atoms with E-state index >= 15 is 0 Å². The standard InChI is InChI=1S/C18H20BrClN2O4S/c1-26-11-10-21-18(23)13-22(12-14-2-4-15(19)5-3-14)27(24,25)17-8-6-16(20)7-9-17/h2-9H,10-13H2,1H3,(H,21,23). The third-order valence-electron chi connectivity index (χ3n) is 3.67. The zero-order chi connectivity index (χ0) is 19.9. The van der Waals surface area contributed by atoms with Gasteiger partial charge >= 0.3 is 0 Å². The first-order chi connectivity index (χ1) is 12.8. The Morgan fingerprint density at radius 2 is 1.78 bits per heavy atom. The number of hydrogen-bond donors (Lipinski definition) is 1. The van der Waals surface area contributed by atoms with Crippen LogP contribution < -0.4 is 5.32 Å². The second kappa shape index (κ2) is 10.2. The fourth-order valence-electron chi connectivity index (χ4n) is 2.28. The van der Waals surface area contributed by atoms with Crippen LogP contribution in [0.1, 0.15) is 5.56 Å². The summed E-state index contributed by atoms with van der Waals surface area (Å²) in [4.78, 5) is 12.3. The zero-order valence-corrected chi connectivity index (χ0v) is 17.9. The Labute approximate surface area is 172 Å². The van der Waals surface area contributed by atoms with Gasteiger partial charge in [-0.15, -0.1) is 0 Å². The average Bonchev–Trinajstić information content (AvgIpc) is 2.63. The predicted octanol–water partition coefficient (Wildman–Crippen LogP) is 3.06. The Morgan fingerprint density at radius 3 is 2.37 bits per heavy atom. The van der Waals surface area contributed by atoms with E-state index in [1.54, 1.807) is 12.1 Å². The first-order valence-electron chi connectivity index (χ1n) is 8.08. The summed E-state index contributed by atoms with van der Waals surface area (Å²) in [5.74, 6) is -0.401. The lowest BCUT2D eigenvalue weighted by molar-refractivity contribution is -0.121. The molecule has 0 radical (unpaired) electrons. The van der Waals surface area contributed by atoms with Gasteiger partial charge in [0.15, 0.2) is 0 Å². The predicted molar refractivity (Wildman–Crippen MR) is 108 cm³/mol. The van der Waals surface area contributed by atoms with Crippen LogP contribution in [0, 0.1) is 0 Å². The molecule has 0 saturated heterocycles. The van der Waals surface area contributed by atoms with Crippen molar-refractivity contribution in [2.24, 2.45) is 0 Å². The smallest absolute Gasteiger partial charge is 0.243 e. The van der Waals surface area contributed by atoms with Gasteiger partial charge in [0.05, 0.1) is 18.0 Å². The first-order valence-corrected chi connectivity index (χ1v) is 10.7. The minimum absolute atomic E-state index is 0.0654. The summed E-state index contributed by atoms with van der Waals surface area (Å²) >= 11 is 9.20. The topological polar surface area (TPSA) is 75.7 Å². The Bertz CT molecular complexity index is 858. The van der Waals surface area contributed by atoms with Gasteiger partial charge in [-0.2, -0.15) is 4.31 Å². The van der Waals surface area contributed by atoms with Crippen molar-refractivity contribution < 1.29 is 17.9 Å². The maximum Gasteiger partial charge on any atom is 0.243 e. The summed E-state index contributed by atoms with van der Waals surface area (Å²) in [6, 6.07) is 13.1. The maximum atomic E-state index is 13.0. The molecule has 0 aliphatic heterocycles. The maximum absolute atomic E-state index is 13.0. The fourth-order valence-corrected chi connectivity index (χ4v) is 4.06. The number of carbonyl (C=O) groups is 1. The van der Waals surface area contributed by atoms with Gasteiger partial charge in [0.1, 0.15) is 0 Å². The molecule has 0 spiro atoms. The molecule has 6 nitrogen and oxygen atoms in total. The quantitative estimate of drug-likeness (QED) is 0.566. The molecule has 0 heterocycles. The summed E-state index contributed by atoms with van der Waals surface area (Å²) in [5.41, 5.74) is 0.764. The molecule has 2 rings (SSSR count). The van der Waals surface area contributed by atoms with Gasteiger partial charge in [0.2, 0.25) is 15.9 Å². The van der Waals surface area contributed by atoms with Gasteiger partial charge in [-0.1, -0.05) is 39.7 Å². The molecule has 1 N–H and O–H groups in total. The van der Waals surface area contributed by atoms with Crippen molar-refractivity contribution in [2.75, 3.05) is 26.8 Å². The third-order valence-corrected chi connectivity index (χ3v) is 6.26. The number of ether oxygens (including phenoxy) is 1. The number of nitrogens with one attached hydrogen (secondary N) is 1. The number of methoxy groups -OCH3 is 1. The highest BCUT2D eigenvalue weighted by Gasteiger charge is 2.26. The van der Waals surface area contributed by atoms with E-state index in [-0.39, 0.29) is 18.0 Å². The molecule has 2 aromatic rings. The van der Waals surface area contributed by atoms with Gasteiger partial charge < -0.3 is 10.1 Å². The molecule has 0 atom stereocenters. The third kappa shape index (κ3) is 6.58. The van der Waals surface area contributed by atoms with Crippen LogP contribution in [0.3, 0.4) is 0 Å². The number of rotatable bonds is 9. The molecule has 0 saturated carbocycles. The Balaban J connectivity index is 2.25.